The number of morpholine rings is 1. The lowest BCUT2D eigenvalue weighted by atomic mass is 10.1. The first-order valence-corrected chi connectivity index (χ1v) is 6.39. The summed E-state index contributed by atoms with van der Waals surface area (Å²) >= 11 is 0. The third-order valence-corrected chi connectivity index (χ3v) is 3.06. The molecule has 100 valence electrons. The van der Waals surface area contributed by atoms with Crippen LogP contribution in [0.5, 0.6) is 11.6 Å². The SMILES string of the molecule is Cn1cnc(Oc2cccc([C@@H]3CNCCO3)c2)c1. The second-order valence-corrected chi connectivity index (χ2v) is 4.62. The summed E-state index contributed by atoms with van der Waals surface area (Å²) in [6.45, 7) is 2.50. The summed E-state index contributed by atoms with van der Waals surface area (Å²) in [4.78, 5) is 4.15. The summed E-state index contributed by atoms with van der Waals surface area (Å²) in [7, 11) is 1.91. The molecule has 1 fully saturated rings. The summed E-state index contributed by atoms with van der Waals surface area (Å²) in [6.07, 6.45) is 3.65. The first-order valence-electron chi connectivity index (χ1n) is 6.39. The van der Waals surface area contributed by atoms with E-state index in [2.05, 4.69) is 16.4 Å². The molecule has 3 rings (SSSR count). The fourth-order valence-electron chi connectivity index (χ4n) is 2.12. The number of aryl methyl sites for hydroxylation is 1. The molecule has 0 amide bonds. The van der Waals surface area contributed by atoms with Crippen LogP contribution in [-0.4, -0.2) is 29.2 Å². The highest BCUT2D eigenvalue weighted by Gasteiger charge is 2.16. The highest BCUT2D eigenvalue weighted by molar-refractivity contribution is 5.32. The van der Waals surface area contributed by atoms with Crippen molar-refractivity contribution in [1.29, 1.82) is 0 Å². The van der Waals surface area contributed by atoms with Gasteiger partial charge in [0.2, 0.25) is 5.88 Å². The number of benzene rings is 1. The van der Waals surface area contributed by atoms with Crippen LogP contribution in [0.3, 0.4) is 0 Å². The van der Waals surface area contributed by atoms with Crippen LogP contribution < -0.4 is 10.1 Å². The maximum absolute atomic E-state index is 5.74. The average Bonchev–Trinajstić information content (AvgIpc) is 2.85. The van der Waals surface area contributed by atoms with Crippen LogP contribution in [0.15, 0.2) is 36.8 Å². The molecule has 1 aliphatic heterocycles. The Hall–Kier alpha value is -1.85. The molecule has 0 aliphatic carbocycles. The molecular formula is C14H17N3O2. The molecule has 1 atom stereocenters. The average molecular weight is 259 g/mol. The second-order valence-electron chi connectivity index (χ2n) is 4.62. The standard InChI is InChI=1S/C14H17N3O2/c1-17-9-14(16-10-17)19-12-4-2-3-11(7-12)13-8-15-5-6-18-13/h2-4,7,9-10,13,15H,5-6,8H2,1H3/t13-/m0/s1. The predicted molar refractivity (Wildman–Crippen MR) is 71.3 cm³/mol. The van der Waals surface area contributed by atoms with Gasteiger partial charge in [-0.25, -0.2) is 4.98 Å². The van der Waals surface area contributed by atoms with Gasteiger partial charge in [0, 0.05) is 20.1 Å². The Kier molecular flexibility index (Phi) is 3.48. The molecule has 0 spiro atoms. The van der Waals surface area contributed by atoms with Gasteiger partial charge in [-0.1, -0.05) is 12.1 Å². The van der Waals surface area contributed by atoms with E-state index in [1.54, 1.807) is 6.33 Å². The summed E-state index contributed by atoms with van der Waals surface area (Å²) < 4.78 is 13.3. The van der Waals surface area contributed by atoms with Crippen molar-refractivity contribution in [2.24, 2.45) is 7.05 Å². The second kappa shape index (κ2) is 5.42. The molecule has 0 bridgehead atoms. The van der Waals surface area contributed by atoms with E-state index in [1.165, 1.54) is 0 Å². The van der Waals surface area contributed by atoms with E-state index in [9.17, 15) is 0 Å². The lowest BCUT2D eigenvalue weighted by Crippen LogP contribution is -2.33. The number of imidazole rings is 1. The van der Waals surface area contributed by atoms with E-state index in [4.69, 9.17) is 9.47 Å². The van der Waals surface area contributed by atoms with Gasteiger partial charge in [0.15, 0.2) is 0 Å². The van der Waals surface area contributed by atoms with E-state index in [0.29, 0.717) is 5.88 Å². The highest BCUT2D eigenvalue weighted by atomic mass is 16.5. The molecular weight excluding hydrogens is 242 g/mol. The van der Waals surface area contributed by atoms with Crippen molar-refractivity contribution in [3.05, 3.63) is 42.4 Å². The molecule has 19 heavy (non-hydrogen) atoms. The van der Waals surface area contributed by atoms with Gasteiger partial charge >= 0.3 is 0 Å². The predicted octanol–water partition coefficient (Wildman–Crippen LogP) is 1.87. The van der Waals surface area contributed by atoms with E-state index >= 15 is 0 Å². The van der Waals surface area contributed by atoms with E-state index in [-0.39, 0.29) is 6.10 Å². The fourth-order valence-corrected chi connectivity index (χ4v) is 2.12. The number of nitrogens with zero attached hydrogens (tertiary/aromatic N) is 2. The minimum atomic E-state index is 0.0982. The normalized spacial score (nSPS) is 19.3. The van der Waals surface area contributed by atoms with Crippen molar-refractivity contribution in [3.8, 4) is 11.6 Å². The number of nitrogens with one attached hydrogen (secondary N) is 1. The molecule has 1 aromatic heterocycles. The molecule has 1 aromatic carbocycles. The lowest BCUT2D eigenvalue weighted by Gasteiger charge is -2.24. The Morgan fingerprint density at radius 1 is 1.47 bits per heavy atom. The number of ether oxygens (including phenoxy) is 2. The molecule has 5 heteroatoms. The molecule has 5 nitrogen and oxygen atoms in total. The minimum Gasteiger partial charge on any atom is -0.438 e. The van der Waals surface area contributed by atoms with Crippen LogP contribution in [0.25, 0.3) is 0 Å². The van der Waals surface area contributed by atoms with Crippen molar-refractivity contribution < 1.29 is 9.47 Å². The first kappa shape index (κ1) is 12.2. The zero-order valence-electron chi connectivity index (χ0n) is 10.9. The zero-order valence-corrected chi connectivity index (χ0v) is 10.9. The van der Waals surface area contributed by atoms with Crippen molar-refractivity contribution in [2.45, 2.75) is 6.10 Å². The van der Waals surface area contributed by atoms with E-state index in [0.717, 1.165) is 31.0 Å². The Morgan fingerprint density at radius 3 is 3.16 bits per heavy atom. The Labute approximate surface area is 112 Å². The molecule has 2 aromatic rings. The monoisotopic (exact) mass is 259 g/mol. The largest absolute Gasteiger partial charge is 0.438 e. The van der Waals surface area contributed by atoms with Gasteiger partial charge in [-0.3, -0.25) is 0 Å². The molecule has 0 radical (unpaired) electrons. The summed E-state index contributed by atoms with van der Waals surface area (Å²) in [5.74, 6) is 1.38. The summed E-state index contributed by atoms with van der Waals surface area (Å²) in [5.41, 5.74) is 1.13. The maximum atomic E-state index is 5.74. The maximum Gasteiger partial charge on any atom is 0.237 e. The molecule has 0 unspecified atom stereocenters. The summed E-state index contributed by atoms with van der Waals surface area (Å²) in [6, 6.07) is 7.97. The van der Waals surface area contributed by atoms with Crippen LogP contribution in [0.4, 0.5) is 0 Å². The molecule has 0 saturated carbocycles. The van der Waals surface area contributed by atoms with E-state index < -0.39 is 0 Å². The van der Waals surface area contributed by atoms with Crippen LogP contribution in [0.1, 0.15) is 11.7 Å². The number of hydrogen-bond donors (Lipinski definition) is 1. The van der Waals surface area contributed by atoms with Crippen LogP contribution >= 0.6 is 0 Å². The van der Waals surface area contributed by atoms with Crippen LogP contribution in [0, 0.1) is 0 Å². The smallest absolute Gasteiger partial charge is 0.237 e. The molecule has 1 aliphatic rings. The molecule has 1 N–H and O–H groups in total. The molecule has 1 saturated heterocycles. The van der Waals surface area contributed by atoms with E-state index in [1.807, 2.05) is 36.0 Å². The van der Waals surface area contributed by atoms with Gasteiger partial charge in [-0.15, -0.1) is 0 Å². The third-order valence-electron chi connectivity index (χ3n) is 3.06. The number of rotatable bonds is 3. The number of aromatic nitrogens is 2. The topological polar surface area (TPSA) is 48.3 Å². The first-order chi connectivity index (χ1) is 9.31. The van der Waals surface area contributed by atoms with Gasteiger partial charge in [0.1, 0.15) is 5.75 Å². The third kappa shape index (κ3) is 2.94. The Morgan fingerprint density at radius 2 is 2.42 bits per heavy atom. The van der Waals surface area contributed by atoms with Gasteiger partial charge < -0.3 is 19.4 Å². The van der Waals surface area contributed by atoms with Gasteiger partial charge in [0.25, 0.3) is 0 Å². The van der Waals surface area contributed by atoms with Gasteiger partial charge in [-0.05, 0) is 17.7 Å². The van der Waals surface area contributed by atoms with Crippen molar-refractivity contribution in [3.63, 3.8) is 0 Å². The lowest BCUT2D eigenvalue weighted by molar-refractivity contribution is 0.0276. The Balaban J connectivity index is 1.75. The van der Waals surface area contributed by atoms with Gasteiger partial charge in [0.05, 0.1) is 25.2 Å². The zero-order chi connectivity index (χ0) is 13.1. The molecule has 2 heterocycles. The number of hydrogen-bond acceptors (Lipinski definition) is 4. The van der Waals surface area contributed by atoms with Crippen molar-refractivity contribution >= 4 is 0 Å². The quantitative estimate of drug-likeness (QED) is 0.914. The van der Waals surface area contributed by atoms with Crippen molar-refractivity contribution in [1.82, 2.24) is 14.9 Å². The minimum absolute atomic E-state index is 0.0982. The summed E-state index contributed by atoms with van der Waals surface area (Å²) in [5, 5.41) is 3.32. The highest BCUT2D eigenvalue weighted by Crippen LogP contribution is 2.25. The Bertz CT molecular complexity index is 547. The van der Waals surface area contributed by atoms with Crippen molar-refractivity contribution in [2.75, 3.05) is 19.7 Å². The van der Waals surface area contributed by atoms with Crippen LogP contribution in [-0.2, 0) is 11.8 Å². The van der Waals surface area contributed by atoms with Crippen LogP contribution in [0.2, 0.25) is 0 Å². The fraction of sp³-hybridized carbons (Fsp3) is 0.357. The van der Waals surface area contributed by atoms with Gasteiger partial charge in [-0.2, -0.15) is 0 Å².